The second kappa shape index (κ2) is 5.19. The minimum atomic E-state index is 0.911. The molecule has 0 aliphatic heterocycles. The molecule has 0 N–H and O–H groups in total. The Morgan fingerprint density at radius 2 is 1.32 bits per heavy atom. The van der Waals surface area contributed by atoms with E-state index in [0.717, 1.165) is 11.3 Å². The van der Waals surface area contributed by atoms with Crippen molar-refractivity contribution in [2.45, 2.75) is 0 Å². The molecule has 0 fully saturated rings. The van der Waals surface area contributed by atoms with E-state index in [9.17, 15) is 0 Å². The summed E-state index contributed by atoms with van der Waals surface area (Å²) in [6.45, 7) is 0. The number of hydrogen-bond donors (Lipinski definition) is 0. The van der Waals surface area contributed by atoms with Crippen molar-refractivity contribution in [2.75, 3.05) is 7.11 Å². The molecule has 0 aliphatic carbocycles. The van der Waals surface area contributed by atoms with Crippen LogP contribution in [0.4, 0.5) is 0 Å². The molecule has 0 saturated heterocycles. The molecule has 0 heterocycles. The summed E-state index contributed by atoms with van der Waals surface area (Å²) in [5.41, 5.74) is 2.35. The van der Waals surface area contributed by atoms with Crippen LogP contribution in [-0.2, 0) is 0 Å². The SMILES string of the molecule is COc1ccc2ccccc2c1-c1ccc2ccccc2c1. The zero-order chi connectivity index (χ0) is 14.9. The van der Waals surface area contributed by atoms with Gasteiger partial charge in [-0.05, 0) is 39.2 Å². The van der Waals surface area contributed by atoms with Crippen LogP contribution in [0.3, 0.4) is 0 Å². The van der Waals surface area contributed by atoms with E-state index >= 15 is 0 Å². The lowest BCUT2D eigenvalue weighted by atomic mass is 9.95. The Labute approximate surface area is 129 Å². The Kier molecular flexibility index (Phi) is 3.05. The van der Waals surface area contributed by atoms with Crippen molar-refractivity contribution in [1.82, 2.24) is 0 Å². The largest absolute Gasteiger partial charge is 0.496 e. The highest BCUT2D eigenvalue weighted by atomic mass is 16.5. The van der Waals surface area contributed by atoms with Gasteiger partial charge in [-0.3, -0.25) is 0 Å². The van der Waals surface area contributed by atoms with Gasteiger partial charge in [-0.25, -0.2) is 0 Å². The van der Waals surface area contributed by atoms with Crippen LogP contribution in [0.5, 0.6) is 5.75 Å². The van der Waals surface area contributed by atoms with Gasteiger partial charge in [-0.1, -0.05) is 66.7 Å². The summed E-state index contributed by atoms with van der Waals surface area (Å²) in [5.74, 6) is 0.911. The Hall–Kier alpha value is -2.80. The molecule has 0 aromatic heterocycles. The molecule has 0 unspecified atom stereocenters. The summed E-state index contributed by atoms with van der Waals surface area (Å²) in [7, 11) is 1.73. The van der Waals surface area contributed by atoms with Crippen LogP contribution in [0.15, 0.2) is 78.9 Å². The van der Waals surface area contributed by atoms with Gasteiger partial charge in [-0.2, -0.15) is 0 Å². The first-order valence-corrected chi connectivity index (χ1v) is 7.42. The van der Waals surface area contributed by atoms with Gasteiger partial charge in [-0.15, -0.1) is 0 Å². The van der Waals surface area contributed by atoms with E-state index in [2.05, 4.69) is 72.8 Å². The van der Waals surface area contributed by atoms with Crippen molar-refractivity contribution in [3.05, 3.63) is 78.9 Å². The Morgan fingerprint density at radius 1 is 0.636 bits per heavy atom. The summed E-state index contributed by atoms with van der Waals surface area (Å²) >= 11 is 0. The first-order valence-electron chi connectivity index (χ1n) is 7.42. The van der Waals surface area contributed by atoms with Gasteiger partial charge in [0.1, 0.15) is 5.75 Å². The van der Waals surface area contributed by atoms with Crippen molar-refractivity contribution >= 4 is 21.5 Å². The zero-order valence-corrected chi connectivity index (χ0v) is 12.4. The van der Waals surface area contributed by atoms with Crippen LogP contribution < -0.4 is 4.74 Å². The predicted octanol–water partition coefficient (Wildman–Crippen LogP) is 5.67. The van der Waals surface area contributed by atoms with E-state index in [1.807, 2.05) is 6.07 Å². The van der Waals surface area contributed by atoms with E-state index in [4.69, 9.17) is 4.74 Å². The van der Waals surface area contributed by atoms with Crippen LogP contribution >= 0.6 is 0 Å². The maximum absolute atomic E-state index is 5.62. The predicted molar refractivity (Wildman–Crippen MR) is 93.4 cm³/mol. The number of fused-ring (bicyclic) bond motifs is 2. The van der Waals surface area contributed by atoms with Crippen LogP contribution in [0.1, 0.15) is 0 Å². The van der Waals surface area contributed by atoms with E-state index in [1.54, 1.807) is 7.11 Å². The second-order valence-corrected chi connectivity index (χ2v) is 5.43. The minimum Gasteiger partial charge on any atom is -0.496 e. The summed E-state index contributed by atoms with van der Waals surface area (Å²) in [5, 5.41) is 4.95. The first-order chi connectivity index (χ1) is 10.9. The van der Waals surface area contributed by atoms with Crippen LogP contribution in [0, 0.1) is 0 Å². The lowest BCUT2D eigenvalue weighted by Crippen LogP contribution is -1.90. The van der Waals surface area contributed by atoms with E-state index in [0.29, 0.717) is 0 Å². The van der Waals surface area contributed by atoms with Crippen LogP contribution in [0.2, 0.25) is 0 Å². The van der Waals surface area contributed by atoms with Crippen LogP contribution in [0.25, 0.3) is 32.7 Å². The molecule has 4 aromatic rings. The Balaban J connectivity index is 2.06. The quantitative estimate of drug-likeness (QED) is 0.461. The summed E-state index contributed by atoms with van der Waals surface area (Å²) in [4.78, 5) is 0. The van der Waals surface area contributed by atoms with Gasteiger partial charge >= 0.3 is 0 Å². The number of ether oxygens (including phenoxy) is 1. The molecule has 22 heavy (non-hydrogen) atoms. The third kappa shape index (κ3) is 2.03. The van der Waals surface area contributed by atoms with Gasteiger partial charge in [0.15, 0.2) is 0 Å². The molecular weight excluding hydrogens is 268 g/mol. The zero-order valence-electron chi connectivity index (χ0n) is 12.4. The van der Waals surface area contributed by atoms with Gasteiger partial charge in [0.2, 0.25) is 0 Å². The number of methoxy groups -OCH3 is 1. The lowest BCUT2D eigenvalue weighted by molar-refractivity contribution is 0.417. The molecule has 4 rings (SSSR count). The smallest absolute Gasteiger partial charge is 0.127 e. The van der Waals surface area contributed by atoms with Crippen molar-refractivity contribution in [1.29, 1.82) is 0 Å². The van der Waals surface area contributed by atoms with Gasteiger partial charge < -0.3 is 4.74 Å². The molecule has 0 amide bonds. The molecule has 0 spiro atoms. The summed E-state index contributed by atoms with van der Waals surface area (Å²) in [6.07, 6.45) is 0. The average Bonchev–Trinajstić information content (AvgIpc) is 2.60. The Morgan fingerprint density at radius 3 is 2.14 bits per heavy atom. The number of rotatable bonds is 2. The number of hydrogen-bond acceptors (Lipinski definition) is 1. The molecule has 0 radical (unpaired) electrons. The number of benzene rings is 4. The highest BCUT2D eigenvalue weighted by molar-refractivity contribution is 6.01. The van der Waals surface area contributed by atoms with Crippen molar-refractivity contribution in [3.63, 3.8) is 0 Å². The maximum atomic E-state index is 5.62. The van der Waals surface area contributed by atoms with Gasteiger partial charge in [0.25, 0.3) is 0 Å². The fourth-order valence-electron chi connectivity index (χ4n) is 3.06. The van der Waals surface area contributed by atoms with Crippen LogP contribution in [-0.4, -0.2) is 7.11 Å². The van der Waals surface area contributed by atoms with Crippen molar-refractivity contribution < 1.29 is 4.74 Å². The molecule has 0 saturated carbocycles. The molecule has 0 aliphatic rings. The van der Waals surface area contributed by atoms with E-state index < -0.39 is 0 Å². The third-order valence-corrected chi connectivity index (χ3v) is 4.15. The topological polar surface area (TPSA) is 9.23 Å². The van der Waals surface area contributed by atoms with E-state index in [-0.39, 0.29) is 0 Å². The fourth-order valence-corrected chi connectivity index (χ4v) is 3.06. The van der Waals surface area contributed by atoms with E-state index in [1.165, 1.54) is 27.1 Å². The average molecular weight is 284 g/mol. The monoisotopic (exact) mass is 284 g/mol. The van der Waals surface area contributed by atoms with Gasteiger partial charge in [0.05, 0.1) is 7.11 Å². The highest BCUT2D eigenvalue weighted by Gasteiger charge is 2.10. The molecule has 1 heteroatoms. The minimum absolute atomic E-state index is 0.911. The Bertz CT molecular complexity index is 970. The first kappa shape index (κ1) is 12.9. The summed E-state index contributed by atoms with van der Waals surface area (Å²) < 4.78 is 5.62. The highest BCUT2D eigenvalue weighted by Crippen LogP contribution is 2.38. The molecule has 0 bridgehead atoms. The third-order valence-electron chi connectivity index (χ3n) is 4.15. The maximum Gasteiger partial charge on any atom is 0.127 e. The van der Waals surface area contributed by atoms with Crippen molar-refractivity contribution in [2.24, 2.45) is 0 Å². The molecule has 106 valence electrons. The second-order valence-electron chi connectivity index (χ2n) is 5.43. The fraction of sp³-hybridized carbons (Fsp3) is 0.0476. The molecule has 0 atom stereocenters. The standard InChI is InChI=1S/C21H16O/c1-22-20-13-12-16-7-4-5-9-19(16)21(20)18-11-10-15-6-2-3-8-17(15)14-18/h2-14H,1H3. The molecule has 1 nitrogen and oxygen atoms in total. The lowest BCUT2D eigenvalue weighted by Gasteiger charge is -2.13. The normalized spacial score (nSPS) is 11.0. The van der Waals surface area contributed by atoms with Crippen molar-refractivity contribution in [3.8, 4) is 16.9 Å². The molecular formula is C21H16O. The molecule has 4 aromatic carbocycles. The summed E-state index contributed by atoms with van der Waals surface area (Å²) in [6, 6.07) is 27.6. The van der Waals surface area contributed by atoms with Gasteiger partial charge in [0, 0.05) is 5.56 Å².